The number of halogens is 1. The zero-order valence-corrected chi connectivity index (χ0v) is 11.9. The summed E-state index contributed by atoms with van der Waals surface area (Å²) in [6, 6.07) is 14.0. The Kier molecular flexibility index (Phi) is 4.69. The lowest BCUT2D eigenvalue weighted by Gasteiger charge is -2.14. The highest BCUT2D eigenvalue weighted by Crippen LogP contribution is 2.32. The van der Waals surface area contributed by atoms with Crippen LogP contribution in [0, 0.1) is 6.92 Å². The Bertz CT molecular complexity index is 530. The number of aryl methyl sites for hydroxylation is 1. The Balaban J connectivity index is 2.19. The molecule has 0 saturated heterocycles. The van der Waals surface area contributed by atoms with Crippen molar-refractivity contribution in [3.8, 4) is 11.5 Å². The SMILES string of the molecule is COc1cccc(CCl)c1OCc1cccc(C)c1. The van der Waals surface area contributed by atoms with Gasteiger partial charge in [-0.05, 0) is 18.6 Å². The minimum Gasteiger partial charge on any atom is -0.493 e. The molecule has 19 heavy (non-hydrogen) atoms. The maximum absolute atomic E-state index is 5.93. The summed E-state index contributed by atoms with van der Waals surface area (Å²) >= 11 is 5.93. The Labute approximate surface area is 118 Å². The van der Waals surface area contributed by atoms with Crippen LogP contribution in [0.3, 0.4) is 0 Å². The van der Waals surface area contributed by atoms with Crippen LogP contribution in [-0.4, -0.2) is 7.11 Å². The highest BCUT2D eigenvalue weighted by molar-refractivity contribution is 6.17. The van der Waals surface area contributed by atoms with E-state index in [1.54, 1.807) is 7.11 Å². The summed E-state index contributed by atoms with van der Waals surface area (Å²) in [6.07, 6.45) is 0. The van der Waals surface area contributed by atoms with Gasteiger partial charge in [-0.15, -0.1) is 11.6 Å². The first kappa shape index (κ1) is 13.8. The van der Waals surface area contributed by atoms with Crippen molar-refractivity contribution in [2.75, 3.05) is 7.11 Å². The Morgan fingerprint density at radius 2 is 1.89 bits per heavy atom. The third-order valence-electron chi connectivity index (χ3n) is 2.89. The standard InChI is InChI=1S/C16H17ClO2/c1-12-5-3-6-13(9-12)11-19-16-14(10-17)7-4-8-15(16)18-2/h3-9H,10-11H2,1-2H3. The fourth-order valence-corrected chi connectivity index (χ4v) is 2.16. The topological polar surface area (TPSA) is 18.5 Å². The number of hydrogen-bond acceptors (Lipinski definition) is 2. The molecule has 0 saturated carbocycles. The van der Waals surface area contributed by atoms with Crippen LogP contribution in [0.2, 0.25) is 0 Å². The van der Waals surface area contributed by atoms with Crippen LogP contribution in [0.15, 0.2) is 42.5 Å². The summed E-state index contributed by atoms with van der Waals surface area (Å²) in [6.45, 7) is 2.57. The molecule has 0 aliphatic rings. The molecule has 3 heteroatoms. The van der Waals surface area contributed by atoms with Crippen LogP contribution in [0.4, 0.5) is 0 Å². The molecule has 0 aliphatic carbocycles. The van der Waals surface area contributed by atoms with Gasteiger partial charge in [-0.25, -0.2) is 0 Å². The second-order valence-electron chi connectivity index (χ2n) is 4.36. The third-order valence-corrected chi connectivity index (χ3v) is 3.18. The minimum atomic E-state index is 0.403. The molecule has 0 aliphatic heterocycles. The van der Waals surface area contributed by atoms with Crippen molar-refractivity contribution >= 4 is 11.6 Å². The molecule has 0 aromatic heterocycles. The molecule has 0 atom stereocenters. The molecule has 0 N–H and O–H groups in total. The Morgan fingerprint density at radius 1 is 1.11 bits per heavy atom. The van der Waals surface area contributed by atoms with Crippen molar-refractivity contribution in [3.63, 3.8) is 0 Å². The van der Waals surface area contributed by atoms with Gasteiger partial charge >= 0.3 is 0 Å². The van der Waals surface area contributed by atoms with Crippen LogP contribution in [0.5, 0.6) is 11.5 Å². The minimum absolute atomic E-state index is 0.403. The van der Waals surface area contributed by atoms with E-state index in [-0.39, 0.29) is 0 Å². The molecule has 0 spiro atoms. The van der Waals surface area contributed by atoms with Gasteiger partial charge in [-0.3, -0.25) is 0 Å². The number of methoxy groups -OCH3 is 1. The summed E-state index contributed by atoms with van der Waals surface area (Å²) in [5.41, 5.74) is 3.29. The third kappa shape index (κ3) is 3.42. The van der Waals surface area contributed by atoms with Gasteiger partial charge in [-0.1, -0.05) is 42.0 Å². The maximum atomic E-state index is 5.93. The fourth-order valence-electron chi connectivity index (χ4n) is 1.95. The van der Waals surface area contributed by atoms with Crippen molar-refractivity contribution in [1.82, 2.24) is 0 Å². The molecule has 2 aromatic carbocycles. The molecule has 100 valence electrons. The van der Waals surface area contributed by atoms with Crippen molar-refractivity contribution in [2.45, 2.75) is 19.4 Å². The van der Waals surface area contributed by atoms with Gasteiger partial charge in [0.1, 0.15) is 6.61 Å². The molecular formula is C16H17ClO2. The molecule has 0 radical (unpaired) electrons. The summed E-state index contributed by atoms with van der Waals surface area (Å²) in [4.78, 5) is 0. The lowest BCUT2D eigenvalue weighted by molar-refractivity contribution is 0.282. The number of rotatable bonds is 5. The van der Waals surface area contributed by atoms with Gasteiger partial charge in [0.05, 0.1) is 13.0 Å². The fraction of sp³-hybridized carbons (Fsp3) is 0.250. The predicted octanol–water partition coefficient (Wildman–Crippen LogP) is 4.32. The first-order valence-corrected chi connectivity index (χ1v) is 6.68. The molecule has 0 heterocycles. The molecule has 2 nitrogen and oxygen atoms in total. The largest absolute Gasteiger partial charge is 0.493 e. The van der Waals surface area contributed by atoms with Crippen molar-refractivity contribution in [2.24, 2.45) is 0 Å². The number of benzene rings is 2. The predicted molar refractivity (Wildman–Crippen MR) is 78.1 cm³/mol. The highest BCUT2D eigenvalue weighted by Gasteiger charge is 2.09. The van der Waals surface area contributed by atoms with E-state index in [0.717, 1.165) is 16.9 Å². The monoisotopic (exact) mass is 276 g/mol. The second kappa shape index (κ2) is 6.48. The number of alkyl halides is 1. The van der Waals surface area contributed by atoms with Gasteiger partial charge in [0, 0.05) is 5.56 Å². The van der Waals surface area contributed by atoms with E-state index in [2.05, 4.69) is 19.1 Å². The lowest BCUT2D eigenvalue weighted by atomic mass is 10.1. The summed E-state index contributed by atoms with van der Waals surface area (Å²) in [5, 5.41) is 0. The van der Waals surface area contributed by atoms with Gasteiger partial charge in [0.2, 0.25) is 0 Å². The molecule has 0 fully saturated rings. The highest BCUT2D eigenvalue weighted by atomic mass is 35.5. The van der Waals surface area contributed by atoms with E-state index in [4.69, 9.17) is 21.1 Å². The molecular weight excluding hydrogens is 260 g/mol. The average molecular weight is 277 g/mol. The summed E-state index contributed by atoms with van der Waals surface area (Å²) < 4.78 is 11.2. The average Bonchev–Trinajstić information content (AvgIpc) is 2.44. The van der Waals surface area contributed by atoms with Crippen molar-refractivity contribution in [3.05, 3.63) is 59.2 Å². The molecule has 0 unspecified atom stereocenters. The van der Waals surface area contributed by atoms with Crippen molar-refractivity contribution < 1.29 is 9.47 Å². The van der Waals surface area contributed by atoms with Gasteiger partial charge in [0.15, 0.2) is 11.5 Å². The van der Waals surface area contributed by atoms with E-state index in [1.165, 1.54) is 5.56 Å². The second-order valence-corrected chi connectivity index (χ2v) is 4.63. The Hall–Kier alpha value is -1.67. The van der Waals surface area contributed by atoms with E-state index in [0.29, 0.717) is 18.2 Å². The van der Waals surface area contributed by atoms with Gasteiger partial charge in [-0.2, -0.15) is 0 Å². The Morgan fingerprint density at radius 3 is 2.58 bits per heavy atom. The zero-order valence-electron chi connectivity index (χ0n) is 11.2. The number of para-hydroxylation sites is 1. The first-order chi connectivity index (χ1) is 9.24. The summed E-state index contributed by atoms with van der Waals surface area (Å²) in [5.74, 6) is 1.84. The summed E-state index contributed by atoms with van der Waals surface area (Å²) in [7, 11) is 1.63. The van der Waals surface area contributed by atoms with Crippen LogP contribution in [-0.2, 0) is 12.5 Å². The van der Waals surface area contributed by atoms with Crippen LogP contribution < -0.4 is 9.47 Å². The quantitative estimate of drug-likeness (QED) is 0.757. The van der Waals surface area contributed by atoms with Crippen LogP contribution >= 0.6 is 11.6 Å². The van der Waals surface area contributed by atoms with Crippen LogP contribution in [0.25, 0.3) is 0 Å². The molecule has 2 aromatic rings. The molecule has 0 bridgehead atoms. The number of ether oxygens (including phenoxy) is 2. The first-order valence-electron chi connectivity index (χ1n) is 6.14. The van der Waals surface area contributed by atoms with E-state index in [9.17, 15) is 0 Å². The van der Waals surface area contributed by atoms with Gasteiger partial charge < -0.3 is 9.47 Å². The molecule has 2 rings (SSSR count). The normalized spacial score (nSPS) is 10.3. The number of hydrogen-bond donors (Lipinski definition) is 0. The van der Waals surface area contributed by atoms with E-state index >= 15 is 0 Å². The lowest BCUT2D eigenvalue weighted by Crippen LogP contribution is -2.00. The maximum Gasteiger partial charge on any atom is 0.166 e. The smallest absolute Gasteiger partial charge is 0.166 e. The van der Waals surface area contributed by atoms with Gasteiger partial charge in [0.25, 0.3) is 0 Å². The zero-order chi connectivity index (χ0) is 13.7. The van der Waals surface area contributed by atoms with Crippen LogP contribution in [0.1, 0.15) is 16.7 Å². The van der Waals surface area contributed by atoms with Crippen molar-refractivity contribution in [1.29, 1.82) is 0 Å². The molecule has 0 amide bonds. The van der Waals surface area contributed by atoms with E-state index < -0.39 is 0 Å². The van der Waals surface area contributed by atoms with E-state index in [1.807, 2.05) is 30.3 Å².